The third-order valence-electron chi connectivity index (χ3n) is 4.75. The Balaban J connectivity index is 1.44. The first kappa shape index (κ1) is 22.2. The van der Waals surface area contributed by atoms with Crippen molar-refractivity contribution in [2.45, 2.75) is 12.6 Å². The minimum Gasteiger partial charge on any atom is -0.437 e. The fourth-order valence-corrected chi connectivity index (χ4v) is 3.16. The van der Waals surface area contributed by atoms with Crippen LogP contribution in [0.5, 0.6) is 11.6 Å². The van der Waals surface area contributed by atoms with Crippen LogP contribution in [-0.2, 0) is 12.6 Å². The number of pyridine rings is 1. The molecule has 11 heteroatoms. The molecule has 6 nitrogen and oxygen atoms in total. The Hall–Kier alpha value is -4.02. The van der Waals surface area contributed by atoms with Gasteiger partial charge in [-0.3, -0.25) is 0 Å². The van der Waals surface area contributed by atoms with Gasteiger partial charge in [0.25, 0.3) is 0 Å². The maximum Gasteiger partial charge on any atom is 0.416 e. The summed E-state index contributed by atoms with van der Waals surface area (Å²) >= 11 is 0. The first-order valence-electron chi connectivity index (χ1n) is 9.64. The molecule has 0 amide bonds. The number of nitrogens with two attached hydrogens (primary N) is 1. The number of alkyl halides is 3. The molecule has 4 rings (SSSR count). The van der Waals surface area contributed by atoms with Crippen molar-refractivity contribution >= 4 is 22.4 Å². The summed E-state index contributed by atoms with van der Waals surface area (Å²) in [5.41, 5.74) is 5.94. The van der Waals surface area contributed by atoms with Crippen molar-refractivity contribution in [1.82, 2.24) is 15.0 Å². The zero-order valence-corrected chi connectivity index (χ0v) is 16.8. The molecule has 0 saturated heterocycles. The summed E-state index contributed by atoms with van der Waals surface area (Å²) in [4.78, 5) is 11.5. The summed E-state index contributed by atoms with van der Waals surface area (Å²) in [6.45, 7) is 0.316. The number of aromatic nitrogens is 3. The molecule has 3 N–H and O–H groups in total. The van der Waals surface area contributed by atoms with Crippen LogP contribution in [0.15, 0.2) is 55.0 Å². The standard InChI is InChI=1S/C22H16F5N5O/c23-14-2-3-15(24)20-19(14)21(32-11-31-20)30-7-5-12-1-4-17(16(28)9-12)33-18-10-13(6-8-29-18)22(25,26)27/h1-4,6,8-11H,5,7,28H2,(H,30,31,32). The first-order chi connectivity index (χ1) is 15.7. The van der Waals surface area contributed by atoms with Crippen LogP contribution in [0.1, 0.15) is 11.1 Å². The van der Waals surface area contributed by atoms with Crippen LogP contribution in [0, 0.1) is 11.6 Å². The molecule has 0 saturated carbocycles. The Morgan fingerprint density at radius 2 is 1.73 bits per heavy atom. The van der Waals surface area contributed by atoms with Gasteiger partial charge in [0.1, 0.15) is 29.3 Å². The molecule has 2 heterocycles. The Kier molecular flexibility index (Phi) is 5.95. The van der Waals surface area contributed by atoms with Crippen LogP contribution in [0.25, 0.3) is 10.9 Å². The fraction of sp³-hybridized carbons (Fsp3) is 0.136. The minimum absolute atomic E-state index is 0.0469. The molecule has 0 aliphatic rings. The molecule has 2 aromatic heterocycles. The predicted octanol–water partition coefficient (Wildman–Crippen LogP) is 5.35. The molecule has 0 spiro atoms. The molecule has 0 atom stereocenters. The molecular formula is C22H16F5N5O. The van der Waals surface area contributed by atoms with Crippen molar-refractivity contribution in [2.75, 3.05) is 17.6 Å². The number of hydrogen-bond acceptors (Lipinski definition) is 6. The fourth-order valence-electron chi connectivity index (χ4n) is 3.16. The normalized spacial score (nSPS) is 11.5. The highest BCUT2D eigenvalue weighted by atomic mass is 19.4. The van der Waals surface area contributed by atoms with E-state index >= 15 is 0 Å². The number of nitrogens with one attached hydrogen (secondary N) is 1. The lowest BCUT2D eigenvalue weighted by atomic mass is 10.1. The highest BCUT2D eigenvalue weighted by Crippen LogP contribution is 2.33. The highest BCUT2D eigenvalue weighted by Gasteiger charge is 2.31. The van der Waals surface area contributed by atoms with Crippen molar-refractivity contribution in [3.8, 4) is 11.6 Å². The van der Waals surface area contributed by atoms with E-state index in [2.05, 4.69) is 20.3 Å². The Morgan fingerprint density at radius 1 is 0.939 bits per heavy atom. The molecule has 2 aromatic carbocycles. The lowest BCUT2D eigenvalue weighted by molar-refractivity contribution is -0.137. The summed E-state index contributed by atoms with van der Waals surface area (Å²) in [6.07, 6.45) is -1.94. The van der Waals surface area contributed by atoms with Gasteiger partial charge in [-0.25, -0.2) is 23.7 Å². The predicted molar refractivity (Wildman–Crippen MR) is 112 cm³/mol. The molecular weight excluding hydrogens is 445 g/mol. The molecule has 0 aliphatic heterocycles. The zero-order chi connectivity index (χ0) is 23.6. The van der Waals surface area contributed by atoms with Crippen LogP contribution in [0.3, 0.4) is 0 Å². The molecule has 0 unspecified atom stereocenters. The lowest BCUT2D eigenvalue weighted by Crippen LogP contribution is -2.08. The van der Waals surface area contributed by atoms with Gasteiger partial charge in [0.2, 0.25) is 5.88 Å². The third-order valence-corrected chi connectivity index (χ3v) is 4.75. The number of fused-ring (bicyclic) bond motifs is 1. The van der Waals surface area contributed by atoms with E-state index in [1.165, 1.54) is 6.07 Å². The number of hydrogen-bond donors (Lipinski definition) is 2. The second-order valence-electron chi connectivity index (χ2n) is 7.01. The van der Waals surface area contributed by atoms with Gasteiger partial charge in [-0.2, -0.15) is 13.2 Å². The van der Waals surface area contributed by atoms with E-state index in [-0.39, 0.29) is 34.0 Å². The van der Waals surface area contributed by atoms with E-state index in [4.69, 9.17) is 10.5 Å². The zero-order valence-electron chi connectivity index (χ0n) is 16.8. The Labute approximate surface area is 184 Å². The van der Waals surface area contributed by atoms with Crippen LogP contribution >= 0.6 is 0 Å². The molecule has 0 bridgehead atoms. The number of rotatable bonds is 6. The van der Waals surface area contributed by atoms with Gasteiger partial charge in [-0.05, 0) is 42.3 Å². The van der Waals surface area contributed by atoms with Gasteiger partial charge >= 0.3 is 6.18 Å². The number of ether oxygens (including phenoxy) is 1. The molecule has 0 fully saturated rings. The number of benzene rings is 2. The van der Waals surface area contributed by atoms with Crippen molar-refractivity contribution in [3.63, 3.8) is 0 Å². The largest absolute Gasteiger partial charge is 0.437 e. The second kappa shape index (κ2) is 8.85. The summed E-state index contributed by atoms with van der Waals surface area (Å²) in [7, 11) is 0. The molecule has 33 heavy (non-hydrogen) atoms. The van der Waals surface area contributed by atoms with Crippen molar-refractivity contribution < 1.29 is 26.7 Å². The Morgan fingerprint density at radius 3 is 2.48 bits per heavy atom. The maximum absolute atomic E-state index is 14.2. The van der Waals surface area contributed by atoms with E-state index in [0.717, 1.165) is 42.4 Å². The van der Waals surface area contributed by atoms with E-state index < -0.39 is 23.4 Å². The van der Waals surface area contributed by atoms with E-state index in [1.54, 1.807) is 12.1 Å². The van der Waals surface area contributed by atoms with Crippen LogP contribution in [0.4, 0.5) is 33.5 Å². The third kappa shape index (κ3) is 4.92. The van der Waals surface area contributed by atoms with Crippen molar-refractivity contribution in [3.05, 3.63) is 77.8 Å². The van der Waals surface area contributed by atoms with E-state index in [0.29, 0.717) is 13.0 Å². The minimum atomic E-state index is -4.52. The molecule has 0 radical (unpaired) electrons. The summed E-state index contributed by atoms with van der Waals surface area (Å²) in [5, 5.41) is 2.91. The van der Waals surface area contributed by atoms with Crippen LogP contribution in [-0.4, -0.2) is 21.5 Å². The first-order valence-corrected chi connectivity index (χ1v) is 9.64. The van der Waals surface area contributed by atoms with Gasteiger partial charge in [0, 0.05) is 18.8 Å². The van der Waals surface area contributed by atoms with Crippen LogP contribution < -0.4 is 15.8 Å². The number of anilines is 2. The van der Waals surface area contributed by atoms with Gasteiger partial charge < -0.3 is 15.8 Å². The number of halogens is 5. The second-order valence-corrected chi connectivity index (χ2v) is 7.01. The average molecular weight is 461 g/mol. The number of nitrogen functional groups attached to an aromatic ring is 1. The van der Waals surface area contributed by atoms with Crippen molar-refractivity contribution in [2.24, 2.45) is 0 Å². The maximum atomic E-state index is 14.2. The molecule has 4 aromatic rings. The van der Waals surface area contributed by atoms with Gasteiger partial charge in [-0.1, -0.05) is 6.07 Å². The Bertz CT molecular complexity index is 1310. The molecule has 0 aliphatic carbocycles. The summed E-state index contributed by atoms with van der Waals surface area (Å²) < 4.78 is 72.0. The van der Waals surface area contributed by atoms with Crippen molar-refractivity contribution in [1.29, 1.82) is 0 Å². The smallest absolute Gasteiger partial charge is 0.416 e. The highest BCUT2D eigenvalue weighted by molar-refractivity contribution is 5.89. The van der Waals surface area contributed by atoms with E-state index in [9.17, 15) is 22.0 Å². The van der Waals surface area contributed by atoms with Crippen LogP contribution in [0.2, 0.25) is 0 Å². The summed E-state index contributed by atoms with van der Waals surface area (Å²) in [6, 6.07) is 8.42. The monoisotopic (exact) mass is 461 g/mol. The SMILES string of the molecule is Nc1cc(CCNc2ncnc3c(F)ccc(F)c23)ccc1Oc1cc(C(F)(F)F)ccn1. The topological polar surface area (TPSA) is 86.0 Å². The lowest BCUT2D eigenvalue weighted by Gasteiger charge is -2.12. The van der Waals surface area contributed by atoms with Gasteiger partial charge in [0.15, 0.2) is 5.75 Å². The van der Waals surface area contributed by atoms with E-state index in [1.807, 2.05) is 0 Å². The van der Waals surface area contributed by atoms with Gasteiger partial charge in [0.05, 0.1) is 16.6 Å². The van der Waals surface area contributed by atoms with Gasteiger partial charge in [-0.15, -0.1) is 0 Å². The quantitative estimate of drug-likeness (QED) is 0.297. The summed E-state index contributed by atoms with van der Waals surface area (Å²) in [5.74, 6) is -1.24. The average Bonchev–Trinajstić information content (AvgIpc) is 2.78. The number of nitrogens with zero attached hydrogens (tertiary/aromatic N) is 3. The molecule has 170 valence electrons.